The van der Waals surface area contributed by atoms with Crippen molar-refractivity contribution in [1.82, 2.24) is 4.57 Å². The Bertz CT molecular complexity index is 756. The highest BCUT2D eigenvalue weighted by Crippen LogP contribution is 2.23. The van der Waals surface area contributed by atoms with Crippen LogP contribution in [0.5, 0.6) is 0 Å². The SMILES string of the molecule is CCOC(=O)c1cn(C(C)(C)C)c2cc(I)ccc2c1=O. The molecule has 0 saturated carbocycles. The van der Waals surface area contributed by atoms with Gasteiger partial charge in [-0.05, 0) is 68.5 Å². The average molecular weight is 399 g/mol. The van der Waals surface area contributed by atoms with Gasteiger partial charge in [-0.1, -0.05) is 0 Å². The monoisotopic (exact) mass is 399 g/mol. The number of nitrogens with zero attached hydrogens (tertiary/aromatic N) is 1. The zero-order chi connectivity index (χ0) is 15.8. The molecule has 21 heavy (non-hydrogen) atoms. The minimum Gasteiger partial charge on any atom is -0.462 e. The van der Waals surface area contributed by atoms with Crippen LogP contribution >= 0.6 is 22.6 Å². The van der Waals surface area contributed by atoms with Crippen LogP contribution in [-0.4, -0.2) is 17.1 Å². The number of fused-ring (bicyclic) bond motifs is 1. The van der Waals surface area contributed by atoms with Crippen LogP contribution in [-0.2, 0) is 10.3 Å². The van der Waals surface area contributed by atoms with E-state index in [1.165, 1.54) is 0 Å². The molecule has 2 aromatic rings. The van der Waals surface area contributed by atoms with Gasteiger partial charge in [-0.2, -0.15) is 0 Å². The van der Waals surface area contributed by atoms with Gasteiger partial charge in [0.05, 0.1) is 12.1 Å². The first kappa shape index (κ1) is 16.0. The van der Waals surface area contributed by atoms with Crippen molar-refractivity contribution >= 4 is 39.5 Å². The fourth-order valence-electron chi connectivity index (χ4n) is 2.21. The van der Waals surface area contributed by atoms with Crippen molar-refractivity contribution in [2.24, 2.45) is 0 Å². The largest absolute Gasteiger partial charge is 0.462 e. The van der Waals surface area contributed by atoms with Crippen LogP contribution in [0.25, 0.3) is 10.9 Å². The molecule has 0 unspecified atom stereocenters. The lowest BCUT2D eigenvalue weighted by atomic mass is 10.0. The molecular weight excluding hydrogens is 381 g/mol. The van der Waals surface area contributed by atoms with Gasteiger partial charge >= 0.3 is 5.97 Å². The molecule has 1 heterocycles. The average Bonchev–Trinajstić information content (AvgIpc) is 2.37. The van der Waals surface area contributed by atoms with E-state index >= 15 is 0 Å². The second-order valence-corrected chi connectivity index (χ2v) is 7.04. The number of pyridine rings is 1. The predicted molar refractivity (Wildman–Crippen MR) is 91.9 cm³/mol. The zero-order valence-corrected chi connectivity index (χ0v) is 14.7. The number of benzene rings is 1. The third-order valence-corrected chi connectivity index (χ3v) is 3.86. The molecule has 0 spiro atoms. The van der Waals surface area contributed by atoms with Gasteiger partial charge in [0, 0.05) is 20.7 Å². The van der Waals surface area contributed by atoms with Gasteiger partial charge in [0.25, 0.3) is 0 Å². The van der Waals surface area contributed by atoms with Crippen LogP contribution in [0, 0.1) is 3.57 Å². The molecule has 2 rings (SSSR count). The molecule has 4 nitrogen and oxygen atoms in total. The van der Waals surface area contributed by atoms with E-state index in [-0.39, 0.29) is 23.1 Å². The Morgan fingerprint density at radius 3 is 2.57 bits per heavy atom. The Balaban J connectivity index is 2.86. The summed E-state index contributed by atoms with van der Waals surface area (Å²) in [6, 6.07) is 5.59. The van der Waals surface area contributed by atoms with Gasteiger partial charge in [-0.3, -0.25) is 4.79 Å². The molecule has 0 radical (unpaired) electrons. The maximum atomic E-state index is 12.5. The molecule has 0 aliphatic rings. The number of hydrogen-bond acceptors (Lipinski definition) is 3. The summed E-state index contributed by atoms with van der Waals surface area (Å²) in [4.78, 5) is 24.5. The van der Waals surface area contributed by atoms with E-state index in [9.17, 15) is 9.59 Å². The fraction of sp³-hybridized carbons (Fsp3) is 0.375. The molecule has 112 valence electrons. The fourth-order valence-corrected chi connectivity index (χ4v) is 2.68. The van der Waals surface area contributed by atoms with Crippen molar-refractivity contribution in [1.29, 1.82) is 0 Å². The summed E-state index contributed by atoms with van der Waals surface area (Å²) in [5, 5.41) is 0.538. The Labute approximate surface area is 137 Å². The molecule has 0 aliphatic carbocycles. The predicted octanol–water partition coefficient (Wildman–Crippen LogP) is 3.54. The number of aromatic nitrogens is 1. The van der Waals surface area contributed by atoms with Crippen molar-refractivity contribution in [3.8, 4) is 0 Å². The third-order valence-electron chi connectivity index (χ3n) is 3.18. The second-order valence-electron chi connectivity index (χ2n) is 5.79. The van der Waals surface area contributed by atoms with Crippen molar-refractivity contribution in [2.75, 3.05) is 6.61 Å². The highest BCUT2D eigenvalue weighted by Gasteiger charge is 2.21. The molecule has 1 aromatic heterocycles. The Hall–Kier alpha value is -1.37. The van der Waals surface area contributed by atoms with Crippen LogP contribution in [0.2, 0.25) is 0 Å². The maximum absolute atomic E-state index is 12.5. The first-order valence-corrected chi connectivity index (χ1v) is 7.86. The normalized spacial score (nSPS) is 11.7. The smallest absolute Gasteiger partial charge is 0.343 e. The van der Waals surface area contributed by atoms with Gasteiger partial charge in [-0.25, -0.2) is 4.79 Å². The standard InChI is InChI=1S/C16H18INO3/c1-5-21-15(20)12-9-18(16(2,3)4)13-8-10(17)6-7-11(13)14(12)19/h6-9H,5H2,1-4H3. The minimum atomic E-state index is -0.569. The molecule has 0 saturated heterocycles. The van der Waals surface area contributed by atoms with E-state index in [2.05, 4.69) is 22.6 Å². The second kappa shape index (κ2) is 5.79. The molecule has 5 heteroatoms. The topological polar surface area (TPSA) is 48.3 Å². The van der Waals surface area contributed by atoms with E-state index in [1.807, 2.05) is 37.5 Å². The van der Waals surface area contributed by atoms with Crippen LogP contribution in [0.1, 0.15) is 38.1 Å². The van der Waals surface area contributed by atoms with E-state index in [0.29, 0.717) is 5.39 Å². The van der Waals surface area contributed by atoms with Gasteiger partial charge in [0.1, 0.15) is 5.56 Å². The van der Waals surface area contributed by atoms with Gasteiger partial charge in [0.2, 0.25) is 5.43 Å². The summed E-state index contributed by atoms with van der Waals surface area (Å²) < 4.78 is 7.99. The Morgan fingerprint density at radius 2 is 2.00 bits per heavy atom. The van der Waals surface area contributed by atoms with Gasteiger partial charge in [-0.15, -0.1) is 0 Å². The Morgan fingerprint density at radius 1 is 1.33 bits per heavy atom. The Kier molecular flexibility index (Phi) is 4.41. The van der Waals surface area contributed by atoms with E-state index in [4.69, 9.17) is 4.74 Å². The highest BCUT2D eigenvalue weighted by atomic mass is 127. The first-order valence-electron chi connectivity index (χ1n) is 6.78. The van der Waals surface area contributed by atoms with Gasteiger partial charge in [0.15, 0.2) is 0 Å². The van der Waals surface area contributed by atoms with Gasteiger partial charge < -0.3 is 9.30 Å². The molecule has 0 N–H and O–H groups in total. The van der Waals surface area contributed by atoms with Crippen molar-refractivity contribution < 1.29 is 9.53 Å². The maximum Gasteiger partial charge on any atom is 0.343 e. The molecule has 0 fully saturated rings. The number of hydrogen-bond donors (Lipinski definition) is 0. The molecule has 0 aliphatic heterocycles. The lowest BCUT2D eigenvalue weighted by Gasteiger charge is -2.26. The van der Waals surface area contributed by atoms with E-state index in [0.717, 1.165) is 9.09 Å². The van der Waals surface area contributed by atoms with Crippen molar-refractivity contribution in [3.05, 3.63) is 43.8 Å². The van der Waals surface area contributed by atoms with Crippen molar-refractivity contribution in [2.45, 2.75) is 33.2 Å². The summed E-state index contributed by atoms with van der Waals surface area (Å²) in [7, 11) is 0. The molecule has 0 amide bonds. The van der Waals surface area contributed by atoms with E-state index < -0.39 is 5.97 Å². The number of halogens is 1. The summed E-state index contributed by atoms with van der Waals surface area (Å²) in [6.07, 6.45) is 1.61. The molecule has 1 aromatic carbocycles. The number of ether oxygens (including phenoxy) is 1. The van der Waals surface area contributed by atoms with Crippen LogP contribution < -0.4 is 5.43 Å². The lowest BCUT2D eigenvalue weighted by Crippen LogP contribution is -2.28. The van der Waals surface area contributed by atoms with Crippen LogP contribution in [0.4, 0.5) is 0 Å². The third kappa shape index (κ3) is 3.12. The molecule has 0 atom stereocenters. The minimum absolute atomic E-state index is 0.0838. The number of carbonyl (C=O) groups is 1. The number of esters is 1. The number of carbonyl (C=O) groups excluding carboxylic acids is 1. The summed E-state index contributed by atoms with van der Waals surface area (Å²) in [5.74, 6) is -0.569. The first-order chi connectivity index (χ1) is 9.75. The zero-order valence-electron chi connectivity index (χ0n) is 12.6. The summed E-state index contributed by atoms with van der Waals surface area (Å²) in [6.45, 7) is 8.07. The van der Waals surface area contributed by atoms with Crippen molar-refractivity contribution in [3.63, 3.8) is 0 Å². The van der Waals surface area contributed by atoms with Crippen LogP contribution in [0.3, 0.4) is 0 Å². The quantitative estimate of drug-likeness (QED) is 0.574. The lowest BCUT2D eigenvalue weighted by molar-refractivity contribution is 0.0524. The highest BCUT2D eigenvalue weighted by molar-refractivity contribution is 14.1. The van der Waals surface area contributed by atoms with E-state index in [1.54, 1.807) is 19.2 Å². The molecular formula is C16H18INO3. The summed E-state index contributed by atoms with van der Waals surface area (Å²) in [5.41, 5.74) is 0.380. The number of rotatable bonds is 2. The summed E-state index contributed by atoms with van der Waals surface area (Å²) >= 11 is 2.21. The molecule has 0 bridgehead atoms. The van der Waals surface area contributed by atoms with Crippen LogP contribution in [0.15, 0.2) is 29.2 Å².